The summed E-state index contributed by atoms with van der Waals surface area (Å²) in [4.78, 5) is 64.0. The van der Waals surface area contributed by atoms with Gasteiger partial charge in [-0.2, -0.15) is 0 Å². The van der Waals surface area contributed by atoms with Gasteiger partial charge in [-0.05, 0) is 87.4 Å². The summed E-state index contributed by atoms with van der Waals surface area (Å²) < 4.78 is 0. The molecule has 0 saturated heterocycles. The highest BCUT2D eigenvalue weighted by Crippen LogP contribution is 2.31. The van der Waals surface area contributed by atoms with Crippen molar-refractivity contribution >= 4 is 41.9 Å². The van der Waals surface area contributed by atoms with Gasteiger partial charge in [0.1, 0.15) is 6.10 Å². The second-order valence-corrected chi connectivity index (χ2v) is 11.7. The summed E-state index contributed by atoms with van der Waals surface area (Å²) in [7, 11) is 0. The molecule has 2 aromatic rings. The van der Waals surface area contributed by atoms with Crippen molar-refractivity contribution in [2.45, 2.75) is 72.8 Å². The third kappa shape index (κ3) is 8.82. The number of aliphatic carboxylic acids is 3. The predicted molar refractivity (Wildman–Crippen MR) is 183 cm³/mol. The maximum atomic E-state index is 12.3. The first-order valence-electron chi connectivity index (χ1n) is 15.5. The number of amides is 2. The number of aromatic nitrogens is 2. The van der Waals surface area contributed by atoms with E-state index in [2.05, 4.69) is 33.8 Å². The summed E-state index contributed by atoms with van der Waals surface area (Å²) in [5.41, 5.74) is 10.2. The first kappa shape index (κ1) is 37.8. The largest absolute Gasteiger partial charge is 0.481 e. The minimum Gasteiger partial charge on any atom is -0.481 e. The van der Waals surface area contributed by atoms with E-state index in [1.54, 1.807) is 13.0 Å². The summed E-state index contributed by atoms with van der Waals surface area (Å²) >= 11 is 0. The fraction of sp³-hybridized carbons (Fsp3) is 0.306. The number of H-pyrrole nitrogens is 2. The molecule has 1 atom stereocenters. The smallest absolute Gasteiger partial charge is 0.332 e. The van der Waals surface area contributed by atoms with Crippen molar-refractivity contribution in [3.8, 4) is 0 Å². The molecule has 0 saturated carbocycles. The van der Waals surface area contributed by atoms with Crippen LogP contribution in [0.2, 0.25) is 0 Å². The van der Waals surface area contributed by atoms with E-state index in [4.69, 9.17) is 10.2 Å². The van der Waals surface area contributed by atoms with Crippen LogP contribution in [0.4, 0.5) is 0 Å². The van der Waals surface area contributed by atoms with Crippen molar-refractivity contribution in [2.24, 2.45) is 0 Å². The van der Waals surface area contributed by atoms with E-state index in [0.717, 1.165) is 50.6 Å². The summed E-state index contributed by atoms with van der Waals surface area (Å²) in [5, 5.41) is 40.4. The normalized spacial score (nSPS) is 16.4. The first-order valence-corrected chi connectivity index (χ1v) is 15.5. The highest BCUT2D eigenvalue weighted by molar-refractivity contribution is 6.03. The van der Waals surface area contributed by atoms with Gasteiger partial charge >= 0.3 is 17.9 Å². The molecule has 4 heterocycles. The lowest BCUT2D eigenvalue weighted by Gasteiger charge is -2.07. The molecule has 0 aromatic carbocycles. The number of nitrogens with one attached hydrogen (secondary N) is 4. The number of carbonyl (C=O) groups excluding carboxylic acids is 2. The van der Waals surface area contributed by atoms with E-state index >= 15 is 0 Å². The molecular formula is C36H42N4O9. The maximum Gasteiger partial charge on any atom is 0.332 e. The summed E-state index contributed by atoms with van der Waals surface area (Å²) in [6.07, 6.45) is 6.35. The van der Waals surface area contributed by atoms with Gasteiger partial charge in [0.25, 0.3) is 11.8 Å². The SMILES string of the molecule is C=CC1=C(C)/C(=C/c2[nH]c(Cc3[nH]c(/C=C4\NC(=O)C(C)=C4C=C)c(C)c3CCC(=O)O)c(CCC(=O)O)c2C)NC1=O.CC(O)C(=O)O. The fourth-order valence-corrected chi connectivity index (χ4v) is 5.61. The highest BCUT2D eigenvalue weighted by atomic mass is 16.4. The van der Waals surface area contributed by atoms with Gasteiger partial charge in [0, 0.05) is 64.5 Å². The molecule has 260 valence electrons. The molecule has 0 fully saturated rings. The van der Waals surface area contributed by atoms with Gasteiger partial charge in [-0.3, -0.25) is 19.2 Å². The number of aromatic amines is 2. The van der Waals surface area contributed by atoms with E-state index in [1.165, 1.54) is 13.0 Å². The van der Waals surface area contributed by atoms with Crippen LogP contribution < -0.4 is 10.6 Å². The standard InChI is InChI=1S/C33H36N4O6.C3H6O3/c1-7-20-19(6)32(42)37-27(20)14-25-18(5)23(10-12-31(40)41)29(35-25)15-28-22(9-11-30(38)39)17(4)24(34-28)13-26-16(3)21(8-2)33(43)36-26;1-2(4)3(5)6/h7-8,13-14,34-35H,1-2,9-12,15H2,3-6H3,(H,36,43)(H,37,42)(H,38,39)(H,40,41);2,4H,1H3,(H,5,6)/b26-13-,27-14-;. The van der Waals surface area contributed by atoms with E-state index in [0.29, 0.717) is 34.5 Å². The number of carbonyl (C=O) groups is 5. The molecule has 13 nitrogen and oxygen atoms in total. The maximum absolute atomic E-state index is 12.3. The molecular weight excluding hydrogens is 632 g/mol. The van der Waals surface area contributed by atoms with Crippen LogP contribution in [0.1, 0.15) is 78.6 Å². The number of hydrogen-bond acceptors (Lipinski definition) is 6. The summed E-state index contributed by atoms with van der Waals surface area (Å²) in [6.45, 7) is 16.1. The molecule has 8 N–H and O–H groups in total. The second-order valence-electron chi connectivity index (χ2n) is 11.7. The van der Waals surface area contributed by atoms with Gasteiger partial charge in [-0.1, -0.05) is 25.3 Å². The third-order valence-electron chi connectivity index (χ3n) is 8.47. The van der Waals surface area contributed by atoms with Crippen LogP contribution in [0, 0.1) is 13.8 Å². The summed E-state index contributed by atoms with van der Waals surface area (Å²) in [5.74, 6) is -3.46. The van der Waals surface area contributed by atoms with Crippen molar-refractivity contribution in [2.75, 3.05) is 0 Å². The number of aliphatic hydroxyl groups is 1. The lowest BCUT2D eigenvalue weighted by molar-refractivity contribution is -0.145. The Balaban J connectivity index is 0.000000992. The van der Waals surface area contributed by atoms with Crippen LogP contribution >= 0.6 is 0 Å². The molecule has 2 amide bonds. The number of hydrogen-bond donors (Lipinski definition) is 8. The lowest BCUT2D eigenvalue weighted by Crippen LogP contribution is -2.15. The lowest BCUT2D eigenvalue weighted by atomic mass is 9.98. The zero-order valence-electron chi connectivity index (χ0n) is 28.2. The fourth-order valence-electron chi connectivity index (χ4n) is 5.61. The Morgan fingerprint density at radius 2 is 1.14 bits per heavy atom. The van der Waals surface area contributed by atoms with Crippen LogP contribution in [0.5, 0.6) is 0 Å². The van der Waals surface area contributed by atoms with Gasteiger partial charge in [0.2, 0.25) is 0 Å². The Labute approximate surface area is 283 Å². The zero-order chi connectivity index (χ0) is 36.7. The van der Waals surface area contributed by atoms with Crippen molar-refractivity contribution in [3.05, 3.63) is 104 Å². The van der Waals surface area contributed by atoms with E-state index in [9.17, 15) is 34.2 Å². The second kappa shape index (κ2) is 15.9. The number of aliphatic hydroxyl groups excluding tert-OH is 1. The Bertz CT molecular complexity index is 1860. The van der Waals surface area contributed by atoms with E-state index in [1.807, 2.05) is 32.9 Å². The topological polar surface area (TPSA) is 222 Å². The molecule has 0 spiro atoms. The Hall–Kier alpha value is -5.69. The van der Waals surface area contributed by atoms with Gasteiger partial charge in [0.15, 0.2) is 0 Å². The molecule has 49 heavy (non-hydrogen) atoms. The van der Waals surface area contributed by atoms with Gasteiger partial charge in [-0.25, -0.2) is 4.79 Å². The Kier molecular flexibility index (Phi) is 12.3. The quantitative estimate of drug-likeness (QED) is 0.154. The van der Waals surface area contributed by atoms with Crippen LogP contribution in [-0.2, 0) is 43.2 Å². The molecule has 4 rings (SSSR count). The molecule has 0 aliphatic carbocycles. The van der Waals surface area contributed by atoms with Crippen molar-refractivity contribution < 1.29 is 44.4 Å². The van der Waals surface area contributed by atoms with Gasteiger partial charge in [-0.15, -0.1) is 0 Å². The van der Waals surface area contributed by atoms with Crippen LogP contribution in [0.15, 0.2) is 59.0 Å². The number of rotatable bonds is 13. The average molecular weight is 675 g/mol. The molecule has 1 unspecified atom stereocenters. The van der Waals surface area contributed by atoms with Crippen molar-refractivity contribution in [1.82, 2.24) is 20.6 Å². The number of allylic oxidation sites excluding steroid dienone is 2. The van der Waals surface area contributed by atoms with Gasteiger partial charge in [0.05, 0.1) is 5.70 Å². The zero-order valence-corrected chi connectivity index (χ0v) is 28.2. The van der Waals surface area contributed by atoms with Crippen LogP contribution in [0.3, 0.4) is 0 Å². The van der Waals surface area contributed by atoms with Gasteiger partial charge < -0.3 is 41.0 Å². The molecule has 0 radical (unpaired) electrons. The van der Waals surface area contributed by atoms with Crippen LogP contribution in [-0.4, -0.2) is 66.2 Å². The molecule has 0 bridgehead atoms. The molecule has 2 aromatic heterocycles. The monoisotopic (exact) mass is 674 g/mol. The predicted octanol–water partition coefficient (Wildman–Crippen LogP) is 3.98. The minimum atomic E-state index is -1.23. The molecule has 2 aliphatic heterocycles. The third-order valence-corrected chi connectivity index (χ3v) is 8.47. The molecule has 13 heteroatoms. The highest BCUT2D eigenvalue weighted by Gasteiger charge is 2.25. The first-order chi connectivity index (χ1) is 23.0. The Morgan fingerprint density at radius 1 is 0.714 bits per heavy atom. The van der Waals surface area contributed by atoms with Crippen LogP contribution in [0.25, 0.3) is 12.2 Å². The summed E-state index contributed by atoms with van der Waals surface area (Å²) in [6, 6.07) is 0. The molecule has 2 aliphatic rings. The van der Waals surface area contributed by atoms with Crippen molar-refractivity contribution in [3.63, 3.8) is 0 Å². The number of carboxylic acid groups (broad SMARTS) is 3. The number of carboxylic acids is 3. The van der Waals surface area contributed by atoms with E-state index < -0.39 is 24.0 Å². The average Bonchev–Trinajstić information content (AvgIpc) is 3.67. The van der Waals surface area contributed by atoms with Crippen molar-refractivity contribution in [1.29, 1.82) is 0 Å². The Morgan fingerprint density at radius 3 is 1.53 bits per heavy atom. The minimum absolute atomic E-state index is 0.0688. The van der Waals surface area contributed by atoms with E-state index in [-0.39, 0.29) is 37.5 Å².